The maximum atomic E-state index is 12.7. The van der Waals surface area contributed by atoms with Crippen molar-refractivity contribution in [3.05, 3.63) is 29.8 Å². The molecule has 0 radical (unpaired) electrons. The summed E-state index contributed by atoms with van der Waals surface area (Å²) in [6, 6.07) is 7.79. The van der Waals surface area contributed by atoms with E-state index < -0.39 is 10.0 Å². The van der Waals surface area contributed by atoms with Gasteiger partial charge in [0.1, 0.15) is 0 Å². The molecular weight excluding hydrogens is 284 g/mol. The lowest BCUT2D eigenvalue weighted by Gasteiger charge is -2.23. The van der Waals surface area contributed by atoms with Crippen LogP contribution in [0.4, 0.5) is 5.69 Å². The monoisotopic (exact) mass is 310 g/mol. The minimum atomic E-state index is -3.27. The Labute approximate surface area is 128 Å². The van der Waals surface area contributed by atoms with Gasteiger partial charge in [-0.05, 0) is 36.4 Å². The molecule has 1 aromatic rings. The van der Waals surface area contributed by atoms with Crippen molar-refractivity contribution in [3.8, 4) is 0 Å². The molecule has 5 heteroatoms. The van der Waals surface area contributed by atoms with Gasteiger partial charge in [0.15, 0.2) is 0 Å². The lowest BCUT2D eigenvalue weighted by Crippen LogP contribution is -2.33. The Morgan fingerprint density at radius 3 is 2.57 bits per heavy atom. The third-order valence-corrected chi connectivity index (χ3v) is 5.73. The second-order valence-electron chi connectivity index (χ2n) is 6.99. The molecule has 1 aromatic carbocycles. The summed E-state index contributed by atoms with van der Waals surface area (Å²) in [6.07, 6.45) is 1.48. The van der Waals surface area contributed by atoms with Gasteiger partial charge in [-0.15, -0.1) is 0 Å². The van der Waals surface area contributed by atoms with Gasteiger partial charge in [0.2, 0.25) is 10.0 Å². The van der Waals surface area contributed by atoms with Crippen LogP contribution in [0.25, 0.3) is 0 Å². The number of hydrogen-bond donors (Lipinski definition) is 1. The van der Waals surface area contributed by atoms with E-state index in [1.807, 2.05) is 24.3 Å². The molecule has 21 heavy (non-hydrogen) atoms. The van der Waals surface area contributed by atoms with E-state index in [-0.39, 0.29) is 17.1 Å². The second kappa shape index (κ2) is 5.97. The summed E-state index contributed by atoms with van der Waals surface area (Å²) in [7, 11) is -3.27. The van der Waals surface area contributed by atoms with Crippen LogP contribution in [-0.2, 0) is 10.0 Å². The smallest absolute Gasteiger partial charge is 0.235 e. The molecule has 0 saturated heterocycles. The number of sulfonamides is 1. The number of nitrogens with two attached hydrogens (primary N) is 1. The first-order chi connectivity index (χ1) is 9.74. The lowest BCUT2D eigenvalue weighted by atomic mass is 9.94. The van der Waals surface area contributed by atoms with Crippen LogP contribution in [0.5, 0.6) is 0 Å². The van der Waals surface area contributed by atoms with Crippen LogP contribution in [0.15, 0.2) is 24.3 Å². The molecular formula is C16H26N2O2S. The number of benzene rings is 1. The summed E-state index contributed by atoms with van der Waals surface area (Å²) in [5, 5.41) is 0. The van der Waals surface area contributed by atoms with Gasteiger partial charge in [0.05, 0.1) is 11.4 Å². The second-order valence-corrected chi connectivity index (χ2v) is 9.00. The van der Waals surface area contributed by atoms with Gasteiger partial charge in [-0.25, -0.2) is 8.42 Å². The van der Waals surface area contributed by atoms with Gasteiger partial charge in [0, 0.05) is 12.5 Å². The van der Waals surface area contributed by atoms with E-state index in [4.69, 9.17) is 5.73 Å². The zero-order chi connectivity index (χ0) is 15.7. The molecule has 1 unspecified atom stereocenters. The van der Waals surface area contributed by atoms with Crippen molar-refractivity contribution >= 4 is 15.7 Å². The number of hydrogen-bond acceptors (Lipinski definition) is 3. The quantitative estimate of drug-likeness (QED) is 0.909. The Balaban J connectivity index is 2.25. The summed E-state index contributed by atoms with van der Waals surface area (Å²) in [6.45, 7) is 7.31. The average molecular weight is 310 g/mol. The molecule has 0 amide bonds. The Morgan fingerprint density at radius 1 is 1.29 bits per heavy atom. The third-order valence-electron chi connectivity index (χ3n) is 3.99. The highest BCUT2D eigenvalue weighted by Crippen LogP contribution is 2.39. The van der Waals surface area contributed by atoms with Crippen LogP contribution in [0.1, 0.15) is 45.1 Å². The fourth-order valence-electron chi connectivity index (χ4n) is 2.71. The Bertz CT molecular complexity index is 591. The van der Waals surface area contributed by atoms with E-state index in [0.717, 1.165) is 17.7 Å². The molecule has 0 saturated carbocycles. The Kier molecular flexibility index (Phi) is 4.63. The predicted molar refractivity (Wildman–Crippen MR) is 88.1 cm³/mol. The first-order valence-corrected chi connectivity index (χ1v) is 9.15. The molecule has 1 aliphatic heterocycles. The highest BCUT2D eigenvalue weighted by Gasteiger charge is 2.35. The van der Waals surface area contributed by atoms with Gasteiger partial charge in [-0.1, -0.05) is 39.0 Å². The van der Waals surface area contributed by atoms with Gasteiger partial charge >= 0.3 is 0 Å². The van der Waals surface area contributed by atoms with Crippen molar-refractivity contribution in [1.29, 1.82) is 0 Å². The molecule has 0 aliphatic carbocycles. The van der Waals surface area contributed by atoms with Crippen molar-refractivity contribution in [2.75, 3.05) is 23.1 Å². The number of fused-ring (bicyclic) bond motifs is 1. The van der Waals surface area contributed by atoms with Crippen molar-refractivity contribution in [3.63, 3.8) is 0 Å². The fraction of sp³-hybridized carbons (Fsp3) is 0.625. The van der Waals surface area contributed by atoms with Crippen molar-refractivity contribution in [2.24, 2.45) is 11.1 Å². The van der Waals surface area contributed by atoms with Gasteiger partial charge < -0.3 is 5.73 Å². The van der Waals surface area contributed by atoms with Gasteiger partial charge in [-0.2, -0.15) is 0 Å². The SMILES string of the molecule is CC(C)(C)CCS(=O)(=O)N1CC(CCN)c2ccccc21. The molecule has 1 aliphatic rings. The van der Waals surface area contributed by atoms with Crippen LogP contribution in [0.3, 0.4) is 0 Å². The van der Waals surface area contributed by atoms with E-state index in [1.165, 1.54) is 0 Å². The molecule has 4 nitrogen and oxygen atoms in total. The van der Waals surface area contributed by atoms with Crippen LogP contribution in [0.2, 0.25) is 0 Å². The molecule has 0 spiro atoms. The van der Waals surface area contributed by atoms with Gasteiger partial charge in [0.25, 0.3) is 0 Å². The fourth-order valence-corrected chi connectivity index (χ4v) is 4.68. The molecule has 1 atom stereocenters. The highest BCUT2D eigenvalue weighted by molar-refractivity contribution is 7.92. The van der Waals surface area contributed by atoms with E-state index >= 15 is 0 Å². The maximum absolute atomic E-state index is 12.7. The van der Waals surface area contributed by atoms with Crippen molar-refractivity contribution in [2.45, 2.75) is 39.5 Å². The van der Waals surface area contributed by atoms with E-state index in [1.54, 1.807) is 4.31 Å². The van der Waals surface area contributed by atoms with Gasteiger partial charge in [-0.3, -0.25) is 4.31 Å². The summed E-state index contributed by atoms with van der Waals surface area (Å²) in [5.74, 6) is 0.413. The van der Waals surface area contributed by atoms with Crippen molar-refractivity contribution < 1.29 is 8.42 Å². The Hall–Kier alpha value is -1.07. The summed E-state index contributed by atoms with van der Waals surface area (Å²) < 4.78 is 27.0. The van der Waals surface area contributed by atoms with E-state index in [2.05, 4.69) is 20.8 Å². The molecule has 0 fully saturated rings. The standard InChI is InChI=1S/C16H26N2O2S/c1-16(2,3)9-11-21(19,20)18-12-13(8-10-17)14-6-4-5-7-15(14)18/h4-7,13H,8-12,17H2,1-3H3. The lowest BCUT2D eigenvalue weighted by molar-refractivity contribution is 0.397. The Morgan fingerprint density at radius 2 is 1.95 bits per heavy atom. The maximum Gasteiger partial charge on any atom is 0.235 e. The van der Waals surface area contributed by atoms with E-state index in [0.29, 0.717) is 19.5 Å². The molecule has 2 rings (SSSR count). The number of para-hydroxylation sites is 1. The number of nitrogens with zero attached hydrogens (tertiary/aromatic N) is 1. The summed E-state index contributed by atoms with van der Waals surface area (Å²) in [4.78, 5) is 0. The van der Waals surface area contributed by atoms with E-state index in [9.17, 15) is 8.42 Å². The topological polar surface area (TPSA) is 63.4 Å². The third kappa shape index (κ3) is 3.77. The zero-order valence-electron chi connectivity index (χ0n) is 13.2. The minimum Gasteiger partial charge on any atom is -0.330 e. The van der Waals surface area contributed by atoms with Crippen LogP contribution >= 0.6 is 0 Å². The van der Waals surface area contributed by atoms with Crippen LogP contribution in [-0.4, -0.2) is 27.3 Å². The van der Waals surface area contributed by atoms with Crippen LogP contribution in [0, 0.1) is 5.41 Å². The molecule has 2 N–H and O–H groups in total. The van der Waals surface area contributed by atoms with Crippen LogP contribution < -0.4 is 10.0 Å². The minimum absolute atomic E-state index is 0.0168. The zero-order valence-corrected chi connectivity index (χ0v) is 14.0. The molecule has 0 aromatic heterocycles. The predicted octanol–water partition coefficient (Wildman–Crippen LogP) is 2.71. The first kappa shape index (κ1) is 16.3. The molecule has 118 valence electrons. The molecule has 1 heterocycles. The van der Waals surface area contributed by atoms with Crippen molar-refractivity contribution in [1.82, 2.24) is 0 Å². The number of anilines is 1. The number of rotatable bonds is 5. The highest BCUT2D eigenvalue weighted by atomic mass is 32.2. The normalized spacial score (nSPS) is 18.9. The average Bonchev–Trinajstić information content (AvgIpc) is 2.77. The summed E-state index contributed by atoms with van der Waals surface area (Å²) in [5.41, 5.74) is 7.64. The first-order valence-electron chi connectivity index (χ1n) is 7.54. The molecule has 0 bridgehead atoms. The largest absolute Gasteiger partial charge is 0.330 e. The summed E-state index contributed by atoms with van der Waals surface area (Å²) >= 11 is 0.